The van der Waals surface area contributed by atoms with Crippen molar-refractivity contribution in [3.05, 3.63) is 40.8 Å². The van der Waals surface area contributed by atoms with Gasteiger partial charge in [0.15, 0.2) is 5.82 Å². The molecule has 4 rings (SSSR count). The molecule has 1 amide bonds. The van der Waals surface area contributed by atoms with Crippen LogP contribution >= 0.6 is 11.6 Å². The largest absolute Gasteiger partial charge is 0.391 e. The van der Waals surface area contributed by atoms with Gasteiger partial charge in [0.05, 0.1) is 40.8 Å². The number of amides is 1. The van der Waals surface area contributed by atoms with Crippen LogP contribution in [-0.4, -0.2) is 58.2 Å². The number of nitrogens with one attached hydrogen (secondary N) is 3. The molecule has 0 radical (unpaired) electrons. The molecule has 2 aromatic rings. The number of hydrogen-bond donors (Lipinski definition) is 4. The van der Waals surface area contributed by atoms with E-state index in [1.165, 1.54) is 25.5 Å². The van der Waals surface area contributed by atoms with Crippen LogP contribution in [0.25, 0.3) is 16.6 Å². The van der Waals surface area contributed by atoms with E-state index in [1.54, 1.807) is 37.4 Å². The van der Waals surface area contributed by atoms with Crippen LogP contribution in [0.1, 0.15) is 38.7 Å². The molecule has 9 nitrogen and oxygen atoms in total. The molecule has 0 saturated heterocycles. The number of benzene rings is 1. The van der Waals surface area contributed by atoms with E-state index in [-0.39, 0.29) is 16.5 Å². The number of carbonyl (C=O) groups excluding carboxylic acids is 1. The Morgan fingerprint density at radius 2 is 2.15 bits per heavy atom. The fourth-order valence-electron chi connectivity index (χ4n) is 2.88. The third-order valence-corrected chi connectivity index (χ3v) is 5.33. The van der Waals surface area contributed by atoms with Crippen LogP contribution in [0, 0.1) is 5.82 Å². The molecular formula is C22H27ClFN7O2. The molecule has 1 fully saturated rings. The summed E-state index contributed by atoms with van der Waals surface area (Å²) in [5.74, 6) is -0.441. The molecule has 33 heavy (non-hydrogen) atoms. The van der Waals surface area contributed by atoms with E-state index in [2.05, 4.69) is 37.5 Å². The van der Waals surface area contributed by atoms with E-state index in [4.69, 9.17) is 11.6 Å². The van der Waals surface area contributed by atoms with E-state index in [9.17, 15) is 9.90 Å². The first-order valence-electron chi connectivity index (χ1n) is 10.5. The number of fused-ring (bicyclic) bond motifs is 1. The summed E-state index contributed by atoms with van der Waals surface area (Å²) in [5, 5.41) is 22.4. The Balaban J connectivity index is 0.000000942. The van der Waals surface area contributed by atoms with Gasteiger partial charge in [0.2, 0.25) is 6.41 Å². The van der Waals surface area contributed by atoms with E-state index in [0.717, 1.165) is 0 Å². The predicted molar refractivity (Wildman–Crippen MR) is 130 cm³/mol. The molecule has 2 unspecified atom stereocenters. The van der Waals surface area contributed by atoms with Crippen LogP contribution in [0.15, 0.2) is 34.4 Å². The smallest absolute Gasteiger partial charge is 0.212 e. The van der Waals surface area contributed by atoms with Crippen LogP contribution in [0.5, 0.6) is 0 Å². The third-order valence-electron chi connectivity index (χ3n) is 4.97. The fourth-order valence-corrected chi connectivity index (χ4v) is 3.18. The van der Waals surface area contributed by atoms with Crippen molar-refractivity contribution in [2.75, 3.05) is 11.9 Å². The summed E-state index contributed by atoms with van der Waals surface area (Å²) >= 11 is 6.41. The minimum atomic E-state index is -0.709. The molecular weight excluding hydrogens is 449 g/mol. The summed E-state index contributed by atoms with van der Waals surface area (Å²) in [6, 6.07) is -0.421. The molecule has 1 saturated carbocycles. The number of aliphatic hydroxyl groups is 1. The molecule has 1 aromatic carbocycles. The van der Waals surface area contributed by atoms with Crippen LogP contribution in [0.4, 0.5) is 10.1 Å². The molecule has 1 aromatic heterocycles. The molecule has 2 atom stereocenters. The number of nitrogens with zero attached hydrogens (tertiary/aromatic N) is 4. The number of carbonyl (C=O) groups is 1. The number of H-pyrrole nitrogens is 1. The van der Waals surface area contributed by atoms with Gasteiger partial charge in [0, 0.05) is 35.6 Å². The van der Waals surface area contributed by atoms with Gasteiger partial charge in [-0.2, -0.15) is 5.10 Å². The second-order valence-electron chi connectivity index (χ2n) is 7.73. The molecule has 0 spiro atoms. The van der Waals surface area contributed by atoms with Crippen molar-refractivity contribution in [1.29, 1.82) is 0 Å². The maximum absolute atomic E-state index is 15.2. The molecule has 4 N–H and O–H groups in total. The van der Waals surface area contributed by atoms with Crippen LogP contribution in [0.2, 0.25) is 5.02 Å². The fraction of sp³-hybridized carbons (Fsp3) is 0.364. The van der Waals surface area contributed by atoms with Gasteiger partial charge in [0.1, 0.15) is 5.82 Å². The van der Waals surface area contributed by atoms with Gasteiger partial charge >= 0.3 is 0 Å². The molecule has 2 aliphatic rings. The van der Waals surface area contributed by atoms with Crippen molar-refractivity contribution in [3.8, 4) is 0 Å². The average molecular weight is 476 g/mol. The van der Waals surface area contributed by atoms with Gasteiger partial charge in [-0.05, 0) is 20.6 Å². The zero-order chi connectivity index (χ0) is 24.0. The Kier molecular flexibility index (Phi) is 8.18. The van der Waals surface area contributed by atoms with E-state index < -0.39 is 18.0 Å². The molecule has 1 aliphatic heterocycles. The number of anilines is 1. The van der Waals surface area contributed by atoms with Crippen molar-refractivity contribution >= 4 is 53.2 Å². The van der Waals surface area contributed by atoms with E-state index in [1.807, 2.05) is 0 Å². The zero-order valence-electron chi connectivity index (χ0n) is 18.5. The minimum Gasteiger partial charge on any atom is -0.391 e. The summed E-state index contributed by atoms with van der Waals surface area (Å²) in [6.45, 7) is 7.13. The number of aromatic nitrogens is 2. The summed E-state index contributed by atoms with van der Waals surface area (Å²) in [4.78, 5) is 20.4. The molecule has 176 valence electrons. The highest BCUT2D eigenvalue weighted by atomic mass is 35.5. The van der Waals surface area contributed by atoms with Crippen LogP contribution in [0.3, 0.4) is 0 Å². The molecule has 11 heteroatoms. The second-order valence-corrected chi connectivity index (χ2v) is 8.11. The molecule has 0 bridgehead atoms. The number of aliphatic hydroxyl groups excluding tert-OH is 1. The number of aliphatic imine (C=N–C) groups is 2. The Morgan fingerprint density at radius 1 is 1.42 bits per heavy atom. The highest BCUT2D eigenvalue weighted by Crippen LogP contribution is 2.40. The topological polar surface area (TPSA) is 118 Å². The van der Waals surface area contributed by atoms with Gasteiger partial charge < -0.3 is 20.6 Å². The lowest BCUT2D eigenvalue weighted by Gasteiger charge is -2.22. The molecule has 1 aliphatic carbocycles. The first-order valence-corrected chi connectivity index (χ1v) is 10.9. The normalized spacial score (nSPS) is 16.9. The van der Waals surface area contributed by atoms with Crippen molar-refractivity contribution in [3.63, 3.8) is 0 Å². The lowest BCUT2D eigenvalue weighted by Crippen LogP contribution is -2.28. The minimum absolute atomic E-state index is 0.120. The Hall–Kier alpha value is -3.24. The summed E-state index contributed by atoms with van der Waals surface area (Å²) in [5.41, 5.74) is 1.28. The Bertz CT molecular complexity index is 1110. The SMILES string of the molecule is C1CC1.C=N/C(=C\N1C=C(c2c(Cl)c(F)c(NC(C)C(C)O)c3[nH]ncc23)N=CC1)NC=O. The lowest BCUT2D eigenvalue weighted by atomic mass is 10.0. The van der Waals surface area contributed by atoms with Gasteiger partial charge in [-0.15, -0.1) is 0 Å². The first-order chi connectivity index (χ1) is 15.9. The van der Waals surface area contributed by atoms with Gasteiger partial charge in [-0.1, -0.05) is 30.9 Å². The Labute approximate surface area is 196 Å². The van der Waals surface area contributed by atoms with Crippen molar-refractivity contribution in [2.24, 2.45) is 9.98 Å². The van der Waals surface area contributed by atoms with Crippen LogP contribution < -0.4 is 10.6 Å². The van der Waals surface area contributed by atoms with Gasteiger partial charge in [-0.3, -0.25) is 14.9 Å². The number of rotatable bonds is 8. The van der Waals surface area contributed by atoms with Crippen molar-refractivity contribution in [1.82, 2.24) is 20.4 Å². The molecule has 2 heterocycles. The van der Waals surface area contributed by atoms with Gasteiger partial charge in [-0.25, -0.2) is 9.38 Å². The average Bonchev–Trinajstić information content (AvgIpc) is 3.62. The zero-order valence-corrected chi connectivity index (χ0v) is 19.2. The highest BCUT2D eigenvalue weighted by molar-refractivity contribution is 6.34. The number of halogens is 2. The summed E-state index contributed by atoms with van der Waals surface area (Å²) < 4.78 is 15.2. The highest BCUT2D eigenvalue weighted by Gasteiger charge is 2.25. The summed E-state index contributed by atoms with van der Waals surface area (Å²) in [6.07, 6.45) is 10.6. The number of aromatic amines is 1. The maximum Gasteiger partial charge on any atom is 0.212 e. The van der Waals surface area contributed by atoms with Crippen molar-refractivity contribution < 1.29 is 14.3 Å². The lowest BCUT2D eigenvalue weighted by molar-refractivity contribution is -0.108. The first kappa shape index (κ1) is 24.4. The third kappa shape index (κ3) is 5.96. The quantitative estimate of drug-likeness (QED) is 0.343. The van der Waals surface area contributed by atoms with E-state index >= 15 is 4.39 Å². The van der Waals surface area contributed by atoms with Crippen LogP contribution in [-0.2, 0) is 4.79 Å². The summed E-state index contributed by atoms with van der Waals surface area (Å²) in [7, 11) is 0. The van der Waals surface area contributed by atoms with Crippen molar-refractivity contribution in [2.45, 2.75) is 45.3 Å². The number of hydrogen-bond acceptors (Lipinski definition) is 7. The Morgan fingerprint density at radius 3 is 2.76 bits per heavy atom. The predicted octanol–water partition coefficient (Wildman–Crippen LogP) is 3.64. The second kappa shape index (κ2) is 11.1. The monoisotopic (exact) mass is 475 g/mol. The standard InChI is InChI=1S/C19H21ClFN7O2.C3H6/c1-10(11(2)30)26-19-17(21)16(20)15(12-6-25-27-18(12)19)13-7-28(5-4-23-13)8-14(22-3)24-9-29;1-2-3-1/h4,6-11,26,30H,3,5H2,1-2H3,(H,24,29)(H,25,27);1-3H2/b14-8+;. The van der Waals surface area contributed by atoms with E-state index in [0.29, 0.717) is 35.1 Å². The maximum atomic E-state index is 15.2. The van der Waals surface area contributed by atoms with Gasteiger partial charge in [0.25, 0.3) is 0 Å².